The molecule has 5 heteroatoms. The maximum atomic E-state index is 12.0. The molecule has 1 aromatic carbocycles. The van der Waals surface area contributed by atoms with E-state index in [9.17, 15) is 9.59 Å². The van der Waals surface area contributed by atoms with Crippen molar-refractivity contribution < 1.29 is 14.7 Å². The fourth-order valence-electron chi connectivity index (χ4n) is 1.84. The van der Waals surface area contributed by atoms with Crippen molar-refractivity contribution in [2.75, 3.05) is 5.32 Å². The van der Waals surface area contributed by atoms with Crippen LogP contribution in [0.15, 0.2) is 30.3 Å². The number of hydrogen-bond donors (Lipinski definition) is 3. The van der Waals surface area contributed by atoms with Crippen LogP contribution in [-0.2, 0) is 0 Å². The number of aromatic amines is 1. The number of carbonyl (C=O) groups excluding carboxylic acids is 1. The Morgan fingerprint density at radius 2 is 1.95 bits per heavy atom. The minimum Gasteiger partial charge on any atom is -0.477 e. The fourth-order valence-corrected chi connectivity index (χ4v) is 1.84. The Bertz CT molecular complexity index is 644. The number of aryl methyl sites for hydroxylation is 2. The molecular formula is C14H14N2O3. The van der Waals surface area contributed by atoms with Crippen molar-refractivity contribution in [3.05, 3.63) is 52.8 Å². The summed E-state index contributed by atoms with van der Waals surface area (Å²) in [6, 6.07) is 8.69. The molecule has 0 aliphatic rings. The number of aromatic nitrogens is 1. The number of aromatic carboxylic acids is 1. The third-order valence-electron chi connectivity index (χ3n) is 2.69. The maximum Gasteiger partial charge on any atom is 0.354 e. The molecule has 0 bridgehead atoms. The Morgan fingerprint density at radius 3 is 2.58 bits per heavy atom. The highest BCUT2D eigenvalue weighted by Crippen LogP contribution is 2.18. The van der Waals surface area contributed by atoms with Crippen molar-refractivity contribution in [2.45, 2.75) is 13.8 Å². The minimum absolute atomic E-state index is 0.0153. The van der Waals surface area contributed by atoms with Gasteiger partial charge in [-0.25, -0.2) is 4.79 Å². The van der Waals surface area contributed by atoms with Crippen LogP contribution in [0.3, 0.4) is 0 Å². The van der Waals surface area contributed by atoms with Crippen LogP contribution >= 0.6 is 0 Å². The predicted octanol–water partition coefficient (Wildman–Crippen LogP) is 2.58. The van der Waals surface area contributed by atoms with Crippen molar-refractivity contribution in [3.63, 3.8) is 0 Å². The first kappa shape index (κ1) is 12.9. The summed E-state index contributed by atoms with van der Waals surface area (Å²) in [5.74, 6) is -1.43. The van der Waals surface area contributed by atoms with Crippen LogP contribution in [0.25, 0.3) is 0 Å². The number of nitrogens with one attached hydrogen (secondary N) is 2. The highest BCUT2D eigenvalue weighted by Gasteiger charge is 2.16. The molecule has 1 aromatic heterocycles. The number of anilines is 1. The molecule has 0 saturated carbocycles. The maximum absolute atomic E-state index is 12.0. The summed E-state index contributed by atoms with van der Waals surface area (Å²) >= 11 is 0. The van der Waals surface area contributed by atoms with Crippen molar-refractivity contribution in [1.82, 2.24) is 4.98 Å². The van der Waals surface area contributed by atoms with Crippen molar-refractivity contribution in [3.8, 4) is 0 Å². The van der Waals surface area contributed by atoms with E-state index in [-0.39, 0.29) is 17.3 Å². The Balaban J connectivity index is 2.26. The number of hydrogen-bond acceptors (Lipinski definition) is 2. The van der Waals surface area contributed by atoms with Crippen LogP contribution in [-0.4, -0.2) is 22.0 Å². The molecule has 1 heterocycles. The molecule has 0 aliphatic heterocycles. The molecule has 3 N–H and O–H groups in total. The van der Waals surface area contributed by atoms with Crippen molar-refractivity contribution in [2.24, 2.45) is 0 Å². The number of carboxylic acid groups (broad SMARTS) is 1. The molecule has 2 aromatic rings. The lowest BCUT2D eigenvalue weighted by Crippen LogP contribution is -2.14. The molecule has 0 atom stereocenters. The average molecular weight is 258 g/mol. The zero-order valence-electron chi connectivity index (χ0n) is 10.7. The summed E-state index contributed by atoms with van der Waals surface area (Å²) in [6.07, 6.45) is 0. The zero-order chi connectivity index (χ0) is 14.0. The lowest BCUT2D eigenvalue weighted by atomic mass is 10.1. The number of amides is 1. The van der Waals surface area contributed by atoms with Crippen LogP contribution in [0.4, 0.5) is 5.69 Å². The van der Waals surface area contributed by atoms with E-state index in [1.54, 1.807) is 31.2 Å². The van der Waals surface area contributed by atoms with E-state index in [0.29, 0.717) is 11.3 Å². The molecule has 1 amide bonds. The van der Waals surface area contributed by atoms with Crippen LogP contribution in [0.1, 0.15) is 32.1 Å². The van der Waals surface area contributed by atoms with Gasteiger partial charge in [0, 0.05) is 11.3 Å². The molecule has 0 radical (unpaired) electrons. The Hall–Kier alpha value is -2.56. The third-order valence-corrected chi connectivity index (χ3v) is 2.69. The molecule has 0 spiro atoms. The number of carboxylic acids is 1. The quantitative estimate of drug-likeness (QED) is 0.791. The van der Waals surface area contributed by atoms with E-state index >= 15 is 0 Å². The number of rotatable bonds is 3. The topological polar surface area (TPSA) is 82.2 Å². The lowest BCUT2D eigenvalue weighted by molar-refractivity contribution is 0.0692. The van der Waals surface area contributed by atoms with Gasteiger partial charge in [0.25, 0.3) is 5.91 Å². The van der Waals surface area contributed by atoms with Gasteiger partial charge in [0.15, 0.2) is 0 Å². The van der Waals surface area contributed by atoms with Crippen LogP contribution in [0, 0.1) is 13.8 Å². The highest BCUT2D eigenvalue weighted by atomic mass is 16.4. The van der Waals surface area contributed by atoms with Gasteiger partial charge in [0.05, 0.1) is 5.69 Å². The van der Waals surface area contributed by atoms with E-state index in [1.165, 1.54) is 0 Å². The molecule has 2 rings (SSSR count). The van der Waals surface area contributed by atoms with E-state index in [1.807, 2.05) is 13.0 Å². The minimum atomic E-state index is -1.10. The first-order chi connectivity index (χ1) is 8.97. The lowest BCUT2D eigenvalue weighted by Gasteiger charge is -2.05. The zero-order valence-corrected chi connectivity index (χ0v) is 10.7. The van der Waals surface area contributed by atoms with Crippen LogP contribution < -0.4 is 5.32 Å². The van der Waals surface area contributed by atoms with Gasteiger partial charge < -0.3 is 15.4 Å². The third kappa shape index (κ3) is 2.82. The largest absolute Gasteiger partial charge is 0.477 e. The molecular weight excluding hydrogens is 244 g/mol. The van der Waals surface area contributed by atoms with Gasteiger partial charge in [-0.2, -0.15) is 0 Å². The summed E-state index contributed by atoms with van der Waals surface area (Å²) in [4.78, 5) is 25.8. The van der Waals surface area contributed by atoms with E-state index in [0.717, 1.165) is 5.56 Å². The summed E-state index contributed by atoms with van der Waals surface area (Å²) < 4.78 is 0. The van der Waals surface area contributed by atoms with Crippen LogP contribution in [0.5, 0.6) is 0 Å². The Morgan fingerprint density at radius 1 is 1.21 bits per heavy atom. The second kappa shape index (κ2) is 4.97. The van der Waals surface area contributed by atoms with Crippen LogP contribution in [0.2, 0.25) is 0 Å². The molecule has 0 unspecified atom stereocenters. The summed E-state index contributed by atoms with van der Waals surface area (Å²) in [7, 11) is 0. The number of carbonyl (C=O) groups is 2. The molecule has 0 fully saturated rings. The standard InChI is InChI=1S/C14H14N2O3/c1-8-4-3-5-10(6-8)13(17)16-11-7-9(2)15-12(11)14(18)19/h3-7,15H,1-2H3,(H,16,17)(H,18,19). The Kier molecular flexibility index (Phi) is 3.37. The molecule has 19 heavy (non-hydrogen) atoms. The van der Waals surface area contributed by atoms with Gasteiger partial charge in [-0.15, -0.1) is 0 Å². The normalized spacial score (nSPS) is 10.2. The highest BCUT2D eigenvalue weighted by molar-refractivity contribution is 6.07. The molecule has 5 nitrogen and oxygen atoms in total. The van der Waals surface area contributed by atoms with Gasteiger partial charge in [0.2, 0.25) is 0 Å². The monoisotopic (exact) mass is 258 g/mol. The van der Waals surface area contributed by atoms with E-state index < -0.39 is 5.97 Å². The first-order valence-corrected chi connectivity index (χ1v) is 5.78. The molecule has 98 valence electrons. The van der Waals surface area contributed by atoms with Gasteiger partial charge in [-0.3, -0.25) is 4.79 Å². The summed E-state index contributed by atoms with van der Waals surface area (Å²) in [5, 5.41) is 11.6. The van der Waals surface area contributed by atoms with Gasteiger partial charge in [-0.1, -0.05) is 17.7 Å². The van der Waals surface area contributed by atoms with E-state index in [2.05, 4.69) is 10.3 Å². The summed E-state index contributed by atoms with van der Waals surface area (Å²) in [6.45, 7) is 3.62. The fraction of sp³-hybridized carbons (Fsp3) is 0.143. The van der Waals surface area contributed by atoms with Gasteiger partial charge >= 0.3 is 5.97 Å². The van der Waals surface area contributed by atoms with Gasteiger partial charge in [-0.05, 0) is 32.0 Å². The smallest absolute Gasteiger partial charge is 0.354 e. The SMILES string of the molecule is Cc1cccc(C(=O)Nc2cc(C)[nH]c2C(=O)O)c1. The van der Waals surface area contributed by atoms with Gasteiger partial charge in [0.1, 0.15) is 5.69 Å². The van der Waals surface area contributed by atoms with Crippen molar-refractivity contribution in [1.29, 1.82) is 0 Å². The number of H-pyrrole nitrogens is 1. The molecule has 0 saturated heterocycles. The van der Waals surface area contributed by atoms with Crippen molar-refractivity contribution >= 4 is 17.6 Å². The average Bonchev–Trinajstić information content (AvgIpc) is 2.70. The summed E-state index contributed by atoms with van der Waals surface area (Å²) in [5.41, 5.74) is 2.40. The molecule has 0 aliphatic carbocycles. The second-order valence-electron chi connectivity index (χ2n) is 4.37. The Labute approximate surface area is 110 Å². The van der Waals surface area contributed by atoms with E-state index in [4.69, 9.17) is 5.11 Å². The second-order valence-corrected chi connectivity index (χ2v) is 4.37. The number of benzene rings is 1. The predicted molar refractivity (Wildman–Crippen MR) is 71.6 cm³/mol. The first-order valence-electron chi connectivity index (χ1n) is 5.78.